The molecule has 1 saturated carbocycles. The summed E-state index contributed by atoms with van der Waals surface area (Å²) in [4.78, 5) is 34.4. The number of carbonyl (C=O) groups is 2. The zero-order valence-electron chi connectivity index (χ0n) is 20.1. The first kappa shape index (κ1) is 24.4. The predicted octanol–water partition coefficient (Wildman–Crippen LogP) is 4.22. The van der Waals surface area contributed by atoms with Crippen LogP contribution in [0.4, 0.5) is 20.4 Å². The Balaban J connectivity index is 1.41. The molecule has 2 amide bonds. The summed E-state index contributed by atoms with van der Waals surface area (Å²) in [7, 11) is 0. The number of nitrogen functional groups attached to an aromatic ring is 1. The smallest absolute Gasteiger partial charge is 0.258 e. The summed E-state index contributed by atoms with van der Waals surface area (Å²) in [6.07, 6.45) is 4.33. The standard InChI is InChI=1S/C27H25F2N5O3/c1-3-24(35)34-12-18(13-34)37-23-11-31-27(30)33-25(23)20-9-17(28)10-22(14(20)2)32-26(36)19-7-6-16(8-21(19)29)15-4-5-15/h3,6-11,15,18H,1,4-5,12-13H2,2H3,(H,32,36)(H2,30,31,33). The van der Waals surface area contributed by atoms with Crippen LogP contribution in [0, 0.1) is 18.6 Å². The molecular weight excluding hydrogens is 480 g/mol. The van der Waals surface area contributed by atoms with Gasteiger partial charge in [-0.1, -0.05) is 12.6 Å². The highest BCUT2D eigenvalue weighted by Gasteiger charge is 2.32. The van der Waals surface area contributed by atoms with Gasteiger partial charge in [-0.05, 0) is 67.2 Å². The number of hydrogen-bond acceptors (Lipinski definition) is 6. The first-order valence-electron chi connectivity index (χ1n) is 11.8. The Morgan fingerprint density at radius 2 is 1.97 bits per heavy atom. The third-order valence-corrected chi connectivity index (χ3v) is 6.56. The molecule has 37 heavy (non-hydrogen) atoms. The molecule has 1 saturated heterocycles. The van der Waals surface area contributed by atoms with E-state index in [9.17, 15) is 18.4 Å². The maximum Gasteiger partial charge on any atom is 0.258 e. The molecule has 3 aromatic rings. The van der Waals surface area contributed by atoms with E-state index in [4.69, 9.17) is 10.5 Å². The summed E-state index contributed by atoms with van der Waals surface area (Å²) in [5, 5.41) is 2.62. The van der Waals surface area contributed by atoms with Gasteiger partial charge in [0, 0.05) is 11.3 Å². The molecule has 0 radical (unpaired) electrons. The fourth-order valence-corrected chi connectivity index (χ4v) is 4.30. The lowest BCUT2D eigenvalue weighted by Gasteiger charge is -2.38. The minimum absolute atomic E-state index is 0.0495. The summed E-state index contributed by atoms with van der Waals surface area (Å²) in [5.74, 6) is -1.62. The number of anilines is 2. The molecule has 1 aliphatic heterocycles. The number of rotatable bonds is 7. The first-order valence-corrected chi connectivity index (χ1v) is 11.8. The lowest BCUT2D eigenvalue weighted by Crippen LogP contribution is -2.55. The third kappa shape index (κ3) is 5.00. The second-order valence-electron chi connectivity index (χ2n) is 9.22. The molecule has 0 unspecified atom stereocenters. The van der Waals surface area contributed by atoms with Crippen LogP contribution in [0.1, 0.15) is 40.2 Å². The minimum atomic E-state index is -0.695. The maximum atomic E-state index is 14.7. The molecule has 1 aromatic heterocycles. The van der Waals surface area contributed by atoms with E-state index >= 15 is 0 Å². The van der Waals surface area contributed by atoms with E-state index in [-0.39, 0.29) is 40.7 Å². The molecule has 2 aliphatic rings. The van der Waals surface area contributed by atoms with Crippen LogP contribution in [0.2, 0.25) is 0 Å². The van der Waals surface area contributed by atoms with Crippen LogP contribution in [0.15, 0.2) is 49.2 Å². The molecule has 2 heterocycles. The van der Waals surface area contributed by atoms with Gasteiger partial charge in [0.25, 0.3) is 5.91 Å². The Bertz CT molecular complexity index is 1420. The van der Waals surface area contributed by atoms with Gasteiger partial charge < -0.3 is 20.7 Å². The van der Waals surface area contributed by atoms with Gasteiger partial charge in [0.2, 0.25) is 11.9 Å². The summed E-state index contributed by atoms with van der Waals surface area (Å²) < 4.78 is 35.4. The van der Waals surface area contributed by atoms with Crippen LogP contribution < -0.4 is 15.8 Å². The summed E-state index contributed by atoms with van der Waals surface area (Å²) in [5.41, 5.74) is 7.73. The SMILES string of the molecule is C=CC(=O)N1CC(Oc2cnc(N)nc2-c2cc(F)cc(NC(=O)c3ccc(C4CC4)cc3F)c2C)C1. The number of ether oxygens (including phenoxy) is 1. The topological polar surface area (TPSA) is 110 Å². The Hall–Kier alpha value is -4.34. The number of nitrogens with two attached hydrogens (primary N) is 1. The lowest BCUT2D eigenvalue weighted by atomic mass is 10.0. The second-order valence-corrected chi connectivity index (χ2v) is 9.22. The number of benzene rings is 2. The van der Waals surface area contributed by atoms with E-state index in [1.807, 2.05) is 0 Å². The molecule has 0 bridgehead atoms. The maximum absolute atomic E-state index is 14.7. The van der Waals surface area contributed by atoms with Crippen molar-refractivity contribution in [3.63, 3.8) is 0 Å². The minimum Gasteiger partial charge on any atom is -0.483 e. The Morgan fingerprint density at radius 1 is 1.22 bits per heavy atom. The van der Waals surface area contributed by atoms with E-state index in [1.54, 1.807) is 17.9 Å². The summed E-state index contributed by atoms with van der Waals surface area (Å²) >= 11 is 0. The Morgan fingerprint density at radius 3 is 2.65 bits per heavy atom. The number of hydrogen-bond donors (Lipinski definition) is 2. The van der Waals surface area contributed by atoms with E-state index in [0.29, 0.717) is 30.1 Å². The van der Waals surface area contributed by atoms with Crippen molar-refractivity contribution in [2.24, 2.45) is 0 Å². The number of aromatic nitrogens is 2. The highest BCUT2D eigenvalue weighted by Crippen LogP contribution is 2.40. The van der Waals surface area contributed by atoms with Gasteiger partial charge in [-0.3, -0.25) is 9.59 Å². The molecule has 0 spiro atoms. The van der Waals surface area contributed by atoms with Crippen molar-refractivity contribution in [3.8, 4) is 17.0 Å². The molecule has 2 fully saturated rings. The molecule has 190 valence electrons. The van der Waals surface area contributed by atoms with Crippen LogP contribution in [0.25, 0.3) is 11.3 Å². The molecule has 8 nitrogen and oxygen atoms in total. The van der Waals surface area contributed by atoms with Crippen molar-refractivity contribution >= 4 is 23.5 Å². The predicted molar refractivity (Wildman–Crippen MR) is 134 cm³/mol. The number of halogens is 2. The fourth-order valence-electron chi connectivity index (χ4n) is 4.30. The quantitative estimate of drug-likeness (QED) is 0.466. The molecule has 5 rings (SSSR count). The number of nitrogens with one attached hydrogen (secondary N) is 1. The van der Waals surface area contributed by atoms with Gasteiger partial charge in [0.1, 0.15) is 23.4 Å². The van der Waals surface area contributed by atoms with Crippen molar-refractivity contribution < 1.29 is 23.1 Å². The molecule has 0 atom stereocenters. The Kier molecular flexibility index (Phi) is 6.32. The zero-order chi connectivity index (χ0) is 26.3. The van der Waals surface area contributed by atoms with Crippen molar-refractivity contribution in [1.29, 1.82) is 0 Å². The Labute approximate surface area is 212 Å². The van der Waals surface area contributed by atoms with Gasteiger partial charge in [-0.2, -0.15) is 0 Å². The van der Waals surface area contributed by atoms with Crippen molar-refractivity contribution in [3.05, 3.63) is 77.5 Å². The molecule has 1 aliphatic carbocycles. The summed E-state index contributed by atoms with van der Waals surface area (Å²) in [6, 6.07) is 6.98. The monoisotopic (exact) mass is 505 g/mol. The van der Waals surface area contributed by atoms with Gasteiger partial charge in [-0.25, -0.2) is 18.7 Å². The average Bonchev–Trinajstić information content (AvgIpc) is 3.69. The normalized spacial score (nSPS) is 15.2. The van der Waals surface area contributed by atoms with E-state index in [1.165, 1.54) is 30.5 Å². The molecule has 10 heteroatoms. The average molecular weight is 506 g/mol. The van der Waals surface area contributed by atoms with Crippen molar-refractivity contribution in [1.82, 2.24) is 14.9 Å². The van der Waals surface area contributed by atoms with Crippen molar-refractivity contribution in [2.45, 2.75) is 31.8 Å². The van der Waals surface area contributed by atoms with Crippen LogP contribution in [0.3, 0.4) is 0 Å². The van der Waals surface area contributed by atoms with Gasteiger partial charge in [0.15, 0.2) is 5.75 Å². The first-order chi connectivity index (χ1) is 17.7. The zero-order valence-corrected chi connectivity index (χ0v) is 20.1. The van der Waals surface area contributed by atoms with Crippen LogP contribution in [0.5, 0.6) is 5.75 Å². The highest BCUT2D eigenvalue weighted by molar-refractivity contribution is 6.05. The van der Waals surface area contributed by atoms with Crippen LogP contribution in [-0.4, -0.2) is 45.9 Å². The largest absolute Gasteiger partial charge is 0.483 e. The number of likely N-dealkylation sites (tertiary alicyclic amines) is 1. The van der Waals surface area contributed by atoms with E-state index in [0.717, 1.165) is 24.5 Å². The van der Waals surface area contributed by atoms with Crippen LogP contribution in [-0.2, 0) is 4.79 Å². The van der Waals surface area contributed by atoms with Gasteiger partial charge >= 0.3 is 0 Å². The van der Waals surface area contributed by atoms with Crippen molar-refractivity contribution in [2.75, 3.05) is 24.1 Å². The van der Waals surface area contributed by atoms with Gasteiger partial charge in [-0.15, -0.1) is 0 Å². The number of carbonyl (C=O) groups excluding carboxylic acids is 2. The van der Waals surface area contributed by atoms with E-state index in [2.05, 4.69) is 21.9 Å². The third-order valence-electron chi connectivity index (χ3n) is 6.56. The number of nitrogens with zero attached hydrogens (tertiary/aromatic N) is 3. The molecule has 2 aromatic carbocycles. The second kappa shape index (κ2) is 9.61. The molecular formula is C27H25F2N5O3. The summed E-state index contributed by atoms with van der Waals surface area (Å²) in [6.45, 7) is 5.84. The lowest BCUT2D eigenvalue weighted by molar-refractivity contribution is -0.134. The highest BCUT2D eigenvalue weighted by atomic mass is 19.1. The van der Waals surface area contributed by atoms with E-state index < -0.39 is 17.5 Å². The fraction of sp³-hybridized carbons (Fsp3) is 0.259. The number of amides is 2. The van der Waals surface area contributed by atoms with Gasteiger partial charge in [0.05, 0.1) is 24.8 Å². The molecule has 3 N–H and O–H groups in total. The van der Waals surface area contributed by atoms with Crippen LogP contribution >= 0.6 is 0 Å².